The smallest absolute Gasteiger partial charge is 0.129 e. The summed E-state index contributed by atoms with van der Waals surface area (Å²) in [5.74, 6) is 1.56. The highest BCUT2D eigenvalue weighted by Crippen LogP contribution is 2.32. The summed E-state index contributed by atoms with van der Waals surface area (Å²) < 4.78 is 11.4. The van der Waals surface area contributed by atoms with Crippen LogP contribution in [0.25, 0.3) is 0 Å². The highest BCUT2D eigenvalue weighted by molar-refractivity contribution is 9.10. The zero-order valence-electron chi connectivity index (χ0n) is 10.7. The highest BCUT2D eigenvalue weighted by atomic mass is 79.9. The van der Waals surface area contributed by atoms with Gasteiger partial charge in [-0.1, -0.05) is 15.9 Å². The van der Waals surface area contributed by atoms with E-state index in [2.05, 4.69) is 15.9 Å². The van der Waals surface area contributed by atoms with Gasteiger partial charge in [-0.15, -0.1) is 11.3 Å². The summed E-state index contributed by atoms with van der Waals surface area (Å²) in [4.78, 5) is 0.888. The van der Waals surface area contributed by atoms with Crippen molar-refractivity contribution in [2.75, 3.05) is 14.2 Å². The van der Waals surface area contributed by atoms with E-state index in [1.54, 1.807) is 14.2 Å². The van der Waals surface area contributed by atoms with Crippen molar-refractivity contribution in [1.82, 2.24) is 0 Å². The van der Waals surface area contributed by atoms with Gasteiger partial charge < -0.3 is 14.6 Å². The fourth-order valence-electron chi connectivity index (χ4n) is 1.83. The maximum atomic E-state index is 10.3. The fraction of sp³-hybridized carbons (Fsp3) is 0.286. The summed E-state index contributed by atoms with van der Waals surface area (Å²) >= 11 is 4.92. The quantitative estimate of drug-likeness (QED) is 0.897. The van der Waals surface area contributed by atoms with Crippen molar-refractivity contribution in [3.05, 3.63) is 44.6 Å². The second-order valence-corrected chi connectivity index (χ2v) is 5.92. The molecule has 0 aliphatic carbocycles. The van der Waals surface area contributed by atoms with Crippen molar-refractivity contribution in [1.29, 1.82) is 0 Å². The van der Waals surface area contributed by atoms with Crippen molar-refractivity contribution < 1.29 is 14.6 Å². The summed E-state index contributed by atoms with van der Waals surface area (Å²) in [6, 6.07) is 7.64. The van der Waals surface area contributed by atoms with Gasteiger partial charge in [0.2, 0.25) is 0 Å². The Kier molecular flexibility index (Phi) is 4.85. The van der Waals surface area contributed by atoms with Crippen LogP contribution in [0.3, 0.4) is 0 Å². The molecule has 0 radical (unpaired) electrons. The number of halogens is 1. The van der Waals surface area contributed by atoms with Crippen LogP contribution in [0.15, 0.2) is 34.1 Å². The Morgan fingerprint density at radius 3 is 2.68 bits per heavy atom. The average molecular weight is 343 g/mol. The lowest BCUT2D eigenvalue weighted by atomic mass is 10.1. The van der Waals surface area contributed by atoms with Crippen molar-refractivity contribution >= 4 is 27.3 Å². The Balaban J connectivity index is 2.18. The van der Waals surface area contributed by atoms with Crippen molar-refractivity contribution in [2.45, 2.75) is 12.5 Å². The fourth-order valence-corrected chi connectivity index (χ4v) is 3.08. The second-order valence-electron chi connectivity index (χ2n) is 4.06. The lowest BCUT2D eigenvalue weighted by Gasteiger charge is -2.12. The topological polar surface area (TPSA) is 38.7 Å². The van der Waals surface area contributed by atoms with E-state index in [9.17, 15) is 5.11 Å². The molecule has 1 N–H and O–H groups in total. The van der Waals surface area contributed by atoms with Gasteiger partial charge in [0.05, 0.1) is 20.3 Å². The van der Waals surface area contributed by atoms with E-state index >= 15 is 0 Å². The minimum absolute atomic E-state index is 0.506. The molecule has 1 aromatic carbocycles. The van der Waals surface area contributed by atoms with Crippen molar-refractivity contribution in [3.8, 4) is 11.5 Å². The standard InChI is InChI=1S/C14H15BrO3S/c1-17-11-7-14(19-8-11)12(16)6-9-5-10(15)3-4-13(9)18-2/h3-5,7-8,12,16H,6H2,1-2H3. The van der Waals surface area contributed by atoms with E-state index in [-0.39, 0.29) is 0 Å². The third kappa shape index (κ3) is 3.49. The molecule has 0 fully saturated rings. The van der Waals surface area contributed by atoms with Crippen LogP contribution in [0, 0.1) is 0 Å². The van der Waals surface area contributed by atoms with E-state index in [1.807, 2.05) is 29.6 Å². The van der Waals surface area contributed by atoms with Gasteiger partial charge in [0, 0.05) is 21.2 Å². The third-order valence-corrected chi connectivity index (χ3v) is 4.32. The third-order valence-electron chi connectivity index (χ3n) is 2.82. The van der Waals surface area contributed by atoms with Crippen molar-refractivity contribution in [3.63, 3.8) is 0 Å². The van der Waals surface area contributed by atoms with Crippen molar-refractivity contribution in [2.24, 2.45) is 0 Å². The second kappa shape index (κ2) is 6.41. The zero-order valence-corrected chi connectivity index (χ0v) is 13.1. The van der Waals surface area contributed by atoms with Gasteiger partial charge in [0.25, 0.3) is 0 Å². The molecule has 0 saturated heterocycles. The Bertz CT molecular complexity index is 553. The van der Waals surface area contributed by atoms with E-state index in [0.717, 1.165) is 26.4 Å². The normalized spacial score (nSPS) is 12.2. The summed E-state index contributed by atoms with van der Waals surface area (Å²) in [5, 5.41) is 12.2. The molecule has 1 atom stereocenters. The molecule has 0 spiro atoms. The molecule has 5 heteroatoms. The molecule has 102 valence electrons. The molecule has 2 rings (SSSR count). The molecular weight excluding hydrogens is 328 g/mol. The van der Waals surface area contributed by atoms with Crippen LogP contribution in [0.4, 0.5) is 0 Å². The molecule has 3 nitrogen and oxygen atoms in total. The molecule has 19 heavy (non-hydrogen) atoms. The first-order chi connectivity index (χ1) is 9.13. The first kappa shape index (κ1) is 14.4. The number of rotatable bonds is 5. The van der Waals surface area contributed by atoms with E-state index in [1.165, 1.54) is 11.3 Å². The molecule has 0 amide bonds. The van der Waals surface area contributed by atoms with Gasteiger partial charge in [-0.25, -0.2) is 0 Å². The van der Waals surface area contributed by atoms with Crippen LogP contribution in [-0.4, -0.2) is 19.3 Å². The Labute approximate surface area is 124 Å². The predicted octanol–water partition coefficient (Wildman–Crippen LogP) is 3.80. The van der Waals surface area contributed by atoms with Gasteiger partial charge in [-0.05, 0) is 29.8 Å². The zero-order chi connectivity index (χ0) is 13.8. The molecular formula is C14H15BrO3S. The highest BCUT2D eigenvalue weighted by Gasteiger charge is 2.14. The number of thiophene rings is 1. The molecule has 1 aromatic heterocycles. The van der Waals surface area contributed by atoms with Crippen LogP contribution in [0.5, 0.6) is 11.5 Å². The Morgan fingerprint density at radius 1 is 1.26 bits per heavy atom. The van der Waals surface area contributed by atoms with Gasteiger partial charge in [0.1, 0.15) is 11.5 Å². The minimum Gasteiger partial charge on any atom is -0.496 e. The van der Waals surface area contributed by atoms with Crippen LogP contribution in [0.1, 0.15) is 16.5 Å². The first-order valence-corrected chi connectivity index (χ1v) is 7.44. The Hall–Kier alpha value is -1.04. The number of hydrogen-bond acceptors (Lipinski definition) is 4. The lowest BCUT2D eigenvalue weighted by Crippen LogP contribution is -2.01. The van der Waals surface area contributed by atoms with Crippen LogP contribution in [-0.2, 0) is 6.42 Å². The Morgan fingerprint density at radius 2 is 2.05 bits per heavy atom. The molecule has 0 aliphatic rings. The van der Waals surface area contributed by atoms with Gasteiger partial charge in [0.15, 0.2) is 0 Å². The van der Waals surface area contributed by atoms with E-state index < -0.39 is 6.10 Å². The molecule has 1 unspecified atom stereocenters. The van der Waals surface area contributed by atoms with Gasteiger partial charge in [-0.3, -0.25) is 0 Å². The predicted molar refractivity (Wildman–Crippen MR) is 80.2 cm³/mol. The van der Waals surface area contributed by atoms with Crippen LogP contribution < -0.4 is 9.47 Å². The first-order valence-electron chi connectivity index (χ1n) is 5.77. The molecule has 0 aliphatic heterocycles. The largest absolute Gasteiger partial charge is 0.496 e. The van der Waals surface area contributed by atoms with Crippen LogP contribution in [0.2, 0.25) is 0 Å². The summed E-state index contributed by atoms with van der Waals surface area (Å²) in [7, 11) is 3.25. The number of aliphatic hydroxyl groups is 1. The SMILES string of the molecule is COc1csc(C(O)Cc2cc(Br)ccc2OC)c1. The average Bonchev–Trinajstić information content (AvgIpc) is 2.88. The maximum absolute atomic E-state index is 10.3. The minimum atomic E-state index is -0.558. The summed E-state index contributed by atoms with van der Waals surface area (Å²) in [6.07, 6.45) is -0.0520. The lowest BCUT2D eigenvalue weighted by molar-refractivity contribution is 0.181. The number of hydrogen-bond donors (Lipinski definition) is 1. The number of ether oxygens (including phenoxy) is 2. The van der Waals surface area contributed by atoms with E-state index in [4.69, 9.17) is 9.47 Å². The summed E-state index contributed by atoms with van der Waals surface area (Å²) in [5.41, 5.74) is 0.969. The molecule has 0 saturated carbocycles. The molecule has 2 aromatic rings. The monoisotopic (exact) mass is 342 g/mol. The van der Waals surface area contributed by atoms with Gasteiger partial charge >= 0.3 is 0 Å². The summed E-state index contributed by atoms with van der Waals surface area (Å²) in [6.45, 7) is 0. The van der Waals surface area contributed by atoms with Crippen LogP contribution >= 0.6 is 27.3 Å². The molecule has 1 heterocycles. The maximum Gasteiger partial charge on any atom is 0.129 e. The number of aliphatic hydroxyl groups excluding tert-OH is 1. The molecule has 0 bridgehead atoms. The van der Waals surface area contributed by atoms with E-state index in [0.29, 0.717) is 6.42 Å². The number of methoxy groups -OCH3 is 2. The van der Waals surface area contributed by atoms with Gasteiger partial charge in [-0.2, -0.15) is 0 Å². The number of benzene rings is 1.